The highest BCUT2D eigenvalue weighted by atomic mass is 19.4. The molecule has 0 saturated heterocycles. The molecule has 0 unspecified atom stereocenters. The molecule has 4 nitrogen and oxygen atoms in total. The van der Waals surface area contributed by atoms with E-state index < -0.39 is 17.6 Å². The fourth-order valence-electron chi connectivity index (χ4n) is 2.28. The summed E-state index contributed by atoms with van der Waals surface area (Å²) in [4.78, 5) is 0. The van der Waals surface area contributed by atoms with Crippen LogP contribution >= 0.6 is 0 Å². The van der Waals surface area contributed by atoms with E-state index in [1.165, 1.54) is 18.2 Å². The fraction of sp³-hybridized carbons (Fsp3) is 0.0625. The van der Waals surface area contributed by atoms with E-state index in [9.17, 15) is 17.6 Å². The van der Waals surface area contributed by atoms with Crippen molar-refractivity contribution in [1.29, 1.82) is 5.26 Å². The van der Waals surface area contributed by atoms with Gasteiger partial charge >= 0.3 is 6.18 Å². The first kappa shape index (κ1) is 15.7. The van der Waals surface area contributed by atoms with Gasteiger partial charge in [0.2, 0.25) is 0 Å². The number of hydrogen-bond donors (Lipinski definition) is 1. The Kier molecular flexibility index (Phi) is 3.77. The van der Waals surface area contributed by atoms with Crippen LogP contribution in [-0.2, 0) is 6.18 Å². The molecule has 0 aliphatic heterocycles. The van der Waals surface area contributed by atoms with Crippen LogP contribution in [0.25, 0.3) is 22.4 Å². The Hall–Kier alpha value is -3.21. The average molecular weight is 332 g/mol. The highest BCUT2D eigenvalue weighted by Crippen LogP contribution is 2.33. The second kappa shape index (κ2) is 5.77. The maximum atomic E-state index is 13.9. The number of nitrogens with zero attached hydrogens (tertiary/aromatic N) is 3. The minimum absolute atomic E-state index is 0.0376. The zero-order valence-corrected chi connectivity index (χ0v) is 11.9. The Balaban J connectivity index is 2.12. The molecule has 0 saturated carbocycles. The maximum absolute atomic E-state index is 13.9. The first-order chi connectivity index (χ1) is 11.4. The second-order valence-corrected chi connectivity index (χ2v) is 4.95. The van der Waals surface area contributed by atoms with Crippen LogP contribution in [0.3, 0.4) is 0 Å². The molecule has 1 heterocycles. The van der Waals surface area contributed by atoms with Gasteiger partial charge < -0.3 is 0 Å². The van der Waals surface area contributed by atoms with Crippen LogP contribution in [0.1, 0.15) is 11.3 Å². The van der Waals surface area contributed by atoms with Crippen molar-refractivity contribution < 1.29 is 17.6 Å². The van der Waals surface area contributed by atoms with Crippen LogP contribution in [-0.4, -0.2) is 15.4 Å². The lowest BCUT2D eigenvalue weighted by molar-refractivity contribution is -0.137. The van der Waals surface area contributed by atoms with E-state index in [0.717, 1.165) is 24.3 Å². The third kappa shape index (κ3) is 2.96. The predicted octanol–water partition coefficient (Wildman–Crippen LogP) is 4.17. The summed E-state index contributed by atoms with van der Waals surface area (Å²) < 4.78 is 52.4. The van der Waals surface area contributed by atoms with Crippen molar-refractivity contribution in [3.05, 3.63) is 59.5 Å². The number of benzene rings is 2. The van der Waals surface area contributed by atoms with Gasteiger partial charge in [-0.2, -0.15) is 18.4 Å². The van der Waals surface area contributed by atoms with E-state index in [0.29, 0.717) is 0 Å². The van der Waals surface area contributed by atoms with Crippen LogP contribution < -0.4 is 0 Å². The summed E-state index contributed by atoms with van der Waals surface area (Å²) in [6.07, 6.45) is -4.49. The van der Waals surface area contributed by atoms with Crippen molar-refractivity contribution in [2.45, 2.75) is 6.18 Å². The van der Waals surface area contributed by atoms with Crippen molar-refractivity contribution in [2.24, 2.45) is 0 Å². The van der Waals surface area contributed by atoms with Crippen molar-refractivity contribution in [1.82, 2.24) is 15.4 Å². The smallest absolute Gasteiger partial charge is 0.247 e. The van der Waals surface area contributed by atoms with Crippen LogP contribution in [0.2, 0.25) is 0 Å². The summed E-state index contributed by atoms with van der Waals surface area (Å²) in [5.41, 5.74) is 0.0223. The first-order valence-electron chi connectivity index (χ1n) is 6.68. The molecule has 2 aromatic carbocycles. The number of nitrogens with one attached hydrogen (secondary N) is 1. The molecule has 1 aromatic heterocycles. The summed E-state index contributed by atoms with van der Waals surface area (Å²) in [5, 5.41) is 18.5. The van der Waals surface area contributed by atoms with Gasteiger partial charge in [-0.1, -0.05) is 17.3 Å². The molecule has 24 heavy (non-hydrogen) atoms. The number of halogens is 4. The van der Waals surface area contributed by atoms with Crippen LogP contribution in [0.15, 0.2) is 42.5 Å². The molecule has 0 fully saturated rings. The predicted molar refractivity (Wildman–Crippen MR) is 76.9 cm³/mol. The zero-order valence-electron chi connectivity index (χ0n) is 11.9. The van der Waals surface area contributed by atoms with Gasteiger partial charge in [-0.05, 0) is 41.5 Å². The Morgan fingerprint density at radius 2 is 1.75 bits per heavy atom. The first-order valence-corrected chi connectivity index (χ1v) is 6.68. The Labute approximate surface area is 133 Å². The third-order valence-electron chi connectivity index (χ3n) is 3.35. The van der Waals surface area contributed by atoms with Gasteiger partial charge in [0.1, 0.15) is 17.6 Å². The molecule has 0 aliphatic rings. The van der Waals surface area contributed by atoms with Crippen LogP contribution in [0.4, 0.5) is 17.6 Å². The molecule has 0 aliphatic carbocycles. The molecule has 0 spiro atoms. The number of nitriles is 1. The number of aromatic nitrogens is 3. The van der Waals surface area contributed by atoms with Gasteiger partial charge in [-0.25, -0.2) is 9.49 Å². The molecule has 8 heteroatoms. The summed E-state index contributed by atoms with van der Waals surface area (Å²) in [5.74, 6) is -0.660. The molecule has 3 rings (SSSR count). The Morgan fingerprint density at radius 1 is 1.00 bits per heavy atom. The number of alkyl halides is 3. The van der Waals surface area contributed by atoms with Gasteiger partial charge in [0.25, 0.3) is 0 Å². The summed E-state index contributed by atoms with van der Waals surface area (Å²) in [7, 11) is 0. The SMILES string of the molecule is N#Cc1[nH]nnc1-c1cc(F)cc(-c2cccc(C(F)(F)F)c2)c1. The molecule has 0 atom stereocenters. The lowest BCUT2D eigenvalue weighted by Crippen LogP contribution is -2.04. The zero-order chi connectivity index (χ0) is 17.3. The van der Waals surface area contributed by atoms with Crippen LogP contribution in [0, 0.1) is 17.1 Å². The molecule has 3 aromatic rings. The quantitative estimate of drug-likeness (QED) is 0.716. The lowest BCUT2D eigenvalue weighted by Gasteiger charge is -2.10. The molecule has 0 bridgehead atoms. The number of rotatable bonds is 2. The Morgan fingerprint density at radius 3 is 2.46 bits per heavy atom. The maximum Gasteiger partial charge on any atom is 0.416 e. The van der Waals surface area contributed by atoms with Gasteiger partial charge in [-0.3, -0.25) is 0 Å². The van der Waals surface area contributed by atoms with Crippen molar-refractivity contribution in [3.63, 3.8) is 0 Å². The molecular formula is C16H8F4N4. The second-order valence-electron chi connectivity index (χ2n) is 4.95. The Bertz CT molecular complexity index is 938. The largest absolute Gasteiger partial charge is 0.416 e. The fourth-order valence-corrected chi connectivity index (χ4v) is 2.28. The van der Waals surface area contributed by atoms with Gasteiger partial charge in [-0.15, -0.1) is 5.10 Å². The highest BCUT2D eigenvalue weighted by molar-refractivity contribution is 5.73. The minimum Gasteiger partial charge on any atom is -0.247 e. The number of hydrogen-bond acceptors (Lipinski definition) is 3. The van der Waals surface area contributed by atoms with E-state index in [2.05, 4.69) is 15.4 Å². The normalized spacial score (nSPS) is 11.3. The van der Waals surface area contributed by atoms with Gasteiger partial charge in [0.05, 0.1) is 5.56 Å². The summed E-state index contributed by atoms with van der Waals surface area (Å²) in [6.45, 7) is 0. The highest BCUT2D eigenvalue weighted by Gasteiger charge is 2.30. The third-order valence-corrected chi connectivity index (χ3v) is 3.35. The van der Waals surface area contributed by atoms with E-state index >= 15 is 0 Å². The minimum atomic E-state index is -4.49. The van der Waals surface area contributed by atoms with Crippen molar-refractivity contribution in [3.8, 4) is 28.5 Å². The standard InChI is InChI=1S/C16H8F4N4/c17-13-6-10(9-2-1-3-12(5-9)16(18,19)20)4-11(7-13)15-14(8-21)22-24-23-15/h1-7H,(H,22,23,24). The number of H-pyrrole nitrogens is 1. The summed E-state index contributed by atoms with van der Waals surface area (Å²) >= 11 is 0. The van der Waals surface area contributed by atoms with Gasteiger partial charge in [0, 0.05) is 5.56 Å². The van der Waals surface area contributed by atoms with E-state index in [1.54, 1.807) is 0 Å². The monoisotopic (exact) mass is 332 g/mol. The summed E-state index contributed by atoms with van der Waals surface area (Å²) in [6, 6.07) is 10.1. The topological polar surface area (TPSA) is 65.4 Å². The average Bonchev–Trinajstić information content (AvgIpc) is 3.02. The molecule has 0 amide bonds. The van der Waals surface area contributed by atoms with E-state index in [1.807, 2.05) is 6.07 Å². The molecule has 0 radical (unpaired) electrons. The molecule has 1 N–H and O–H groups in total. The molecular weight excluding hydrogens is 324 g/mol. The van der Waals surface area contributed by atoms with Crippen molar-refractivity contribution >= 4 is 0 Å². The molecule has 120 valence electrons. The lowest BCUT2D eigenvalue weighted by atomic mass is 9.99. The van der Waals surface area contributed by atoms with E-state index in [-0.39, 0.29) is 28.1 Å². The van der Waals surface area contributed by atoms with Crippen molar-refractivity contribution in [2.75, 3.05) is 0 Å². The van der Waals surface area contributed by atoms with Crippen LogP contribution in [0.5, 0.6) is 0 Å². The van der Waals surface area contributed by atoms with E-state index in [4.69, 9.17) is 5.26 Å². The van der Waals surface area contributed by atoms with Gasteiger partial charge in [0.15, 0.2) is 5.69 Å². The number of aromatic amines is 1.